The van der Waals surface area contributed by atoms with Crippen molar-refractivity contribution in [1.82, 2.24) is 9.21 Å². The van der Waals surface area contributed by atoms with Gasteiger partial charge in [0, 0.05) is 26.3 Å². The quantitative estimate of drug-likeness (QED) is 0.148. The number of benzene rings is 3. The van der Waals surface area contributed by atoms with Crippen molar-refractivity contribution in [3.8, 4) is 17.2 Å². The summed E-state index contributed by atoms with van der Waals surface area (Å²) < 4.78 is 33.2. The summed E-state index contributed by atoms with van der Waals surface area (Å²) in [6.45, 7) is 6.57. The lowest BCUT2D eigenvalue weighted by Gasteiger charge is -2.44. The molecule has 0 radical (unpaired) electrons. The van der Waals surface area contributed by atoms with Crippen LogP contribution in [0.2, 0.25) is 0 Å². The number of anilines is 3. The van der Waals surface area contributed by atoms with E-state index in [1.165, 1.54) is 4.60 Å². The van der Waals surface area contributed by atoms with Crippen molar-refractivity contribution in [3.05, 3.63) is 72.8 Å². The second kappa shape index (κ2) is 13.6. The lowest BCUT2D eigenvalue weighted by molar-refractivity contribution is 0.0381. The molecule has 0 fully saturated rings. The molecule has 2 unspecified atom stereocenters. The monoisotopic (exact) mass is 594 g/mol. The first-order valence-electron chi connectivity index (χ1n) is 12.2. The molecular formula is C24H33N6O6P3. The van der Waals surface area contributed by atoms with E-state index in [1.807, 2.05) is 20.8 Å². The number of rotatable bonds is 12. The molecule has 0 aromatic heterocycles. The molecule has 0 aliphatic carbocycles. The molecule has 0 saturated carbocycles. The van der Waals surface area contributed by atoms with Gasteiger partial charge in [0.1, 0.15) is 17.2 Å². The summed E-state index contributed by atoms with van der Waals surface area (Å²) in [4.78, 5) is 12.8. The van der Waals surface area contributed by atoms with Gasteiger partial charge in [-0.1, -0.05) is 0 Å². The van der Waals surface area contributed by atoms with Crippen molar-refractivity contribution in [2.45, 2.75) is 20.8 Å². The third-order valence-corrected chi connectivity index (χ3v) is 12.1. The second-order valence-corrected chi connectivity index (χ2v) is 13.6. The molecule has 1 heterocycles. The Kier molecular flexibility index (Phi) is 10.2. The summed E-state index contributed by atoms with van der Waals surface area (Å²) in [6, 6.07) is 20.9. The molecule has 3 aromatic carbocycles. The average molecular weight is 594 g/mol. The Morgan fingerprint density at radius 2 is 1.13 bits per heavy atom. The summed E-state index contributed by atoms with van der Waals surface area (Å²) in [5.74, 6) is 1.50. The summed E-state index contributed by atoms with van der Waals surface area (Å²) in [5.41, 5.74) is 19.5. The summed E-state index contributed by atoms with van der Waals surface area (Å²) in [5, 5.41) is 0. The molecule has 6 N–H and O–H groups in total. The molecule has 0 saturated heterocycles. The lowest BCUT2D eigenvalue weighted by atomic mass is 10.3. The Hall–Kier alpha value is -2.65. The van der Waals surface area contributed by atoms with E-state index < -0.39 is 24.6 Å². The molecule has 1 aliphatic rings. The summed E-state index contributed by atoms with van der Waals surface area (Å²) >= 11 is 0. The van der Waals surface area contributed by atoms with Gasteiger partial charge in [0.25, 0.3) is 8.45 Å². The van der Waals surface area contributed by atoms with E-state index in [9.17, 15) is 0 Å². The van der Waals surface area contributed by atoms with E-state index in [0.29, 0.717) is 54.1 Å². The van der Waals surface area contributed by atoms with E-state index in [2.05, 4.69) is 0 Å². The number of nitrogens with zero attached hydrogens (tertiary/aromatic N) is 3. The molecule has 1 aliphatic heterocycles. The van der Waals surface area contributed by atoms with Gasteiger partial charge in [-0.05, 0) is 93.6 Å². The third-order valence-electron chi connectivity index (χ3n) is 4.89. The van der Waals surface area contributed by atoms with Crippen molar-refractivity contribution in [1.29, 1.82) is 0 Å². The lowest BCUT2D eigenvalue weighted by Crippen LogP contribution is -2.35. The number of nitrogen functional groups attached to an aromatic ring is 3. The molecule has 210 valence electrons. The van der Waals surface area contributed by atoms with Crippen LogP contribution in [0.15, 0.2) is 77.3 Å². The molecule has 2 atom stereocenters. The zero-order valence-corrected chi connectivity index (χ0v) is 24.6. The molecule has 15 heteroatoms. The predicted octanol–water partition coefficient (Wildman–Crippen LogP) is 6.93. The Morgan fingerprint density at radius 1 is 0.667 bits per heavy atom. The molecule has 4 rings (SSSR count). The van der Waals surface area contributed by atoms with Gasteiger partial charge in [0.2, 0.25) is 0 Å². The maximum absolute atomic E-state index is 6.56. The first-order chi connectivity index (χ1) is 18.9. The van der Waals surface area contributed by atoms with Gasteiger partial charge in [0.15, 0.2) is 0 Å². The molecular weight excluding hydrogens is 561 g/mol. The van der Waals surface area contributed by atoms with Crippen LogP contribution in [0, 0.1) is 0 Å². The predicted molar refractivity (Wildman–Crippen MR) is 156 cm³/mol. The normalized spacial score (nSPS) is 19.3. The zero-order valence-electron chi connectivity index (χ0n) is 21.9. The molecule has 0 amide bonds. The van der Waals surface area contributed by atoms with Crippen LogP contribution < -0.4 is 31.4 Å². The molecule has 39 heavy (non-hydrogen) atoms. The fourth-order valence-corrected chi connectivity index (χ4v) is 10.9. The first-order valence-corrected chi connectivity index (χ1v) is 16.1. The van der Waals surface area contributed by atoms with E-state index in [-0.39, 0.29) is 0 Å². The highest BCUT2D eigenvalue weighted by Gasteiger charge is 2.55. The Balaban J connectivity index is 1.87. The van der Waals surface area contributed by atoms with Crippen LogP contribution >= 0.6 is 24.6 Å². The average Bonchev–Trinajstić information content (AvgIpc) is 2.92. The largest absolute Gasteiger partial charge is 0.440 e. The highest BCUT2D eigenvalue weighted by Crippen LogP contribution is 2.78. The van der Waals surface area contributed by atoms with Gasteiger partial charge < -0.3 is 45.0 Å². The van der Waals surface area contributed by atoms with Gasteiger partial charge in [-0.3, -0.25) is 0 Å². The van der Waals surface area contributed by atoms with E-state index in [1.54, 1.807) is 77.4 Å². The Morgan fingerprint density at radius 3 is 1.59 bits per heavy atom. The summed E-state index contributed by atoms with van der Waals surface area (Å²) in [7, 11) is -7.03. The van der Waals surface area contributed by atoms with Crippen molar-refractivity contribution >= 4 is 41.6 Å². The number of hydrogen-bond acceptors (Lipinski definition) is 12. The van der Waals surface area contributed by atoms with Crippen LogP contribution in [-0.2, 0) is 13.6 Å². The highest BCUT2D eigenvalue weighted by molar-refractivity contribution is 7.78. The number of hydrogen-bond donors (Lipinski definition) is 3. The Labute approximate surface area is 230 Å². The van der Waals surface area contributed by atoms with Gasteiger partial charge in [-0.2, -0.15) is 4.52 Å². The van der Waals surface area contributed by atoms with Crippen LogP contribution in [0.5, 0.6) is 17.2 Å². The van der Waals surface area contributed by atoms with Crippen molar-refractivity contribution in [2.75, 3.05) is 37.0 Å². The van der Waals surface area contributed by atoms with E-state index >= 15 is 0 Å². The van der Waals surface area contributed by atoms with Crippen LogP contribution in [-0.4, -0.2) is 29.0 Å². The molecule has 0 bridgehead atoms. The van der Waals surface area contributed by atoms with Crippen molar-refractivity contribution in [2.24, 2.45) is 4.52 Å². The van der Waals surface area contributed by atoms with Crippen LogP contribution in [0.25, 0.3) is 0 Å². The fourth-order valence-electron chi connectivity index (χ4n) is 3.20. The van der Waals surface area contributed by atoms with Gasteiger partial charge in [-0.15, -0.1) is 0 Å². The standard InChI is InChI=1S/C24H33N6O6P3/c1-4-31-37-28-39(32-5-2,33-6-3)30(35-23-15-9-20(26)10-16-23)38(36-24-17-11-21(27)12-18-24)29(37)34-22-13-7-19(25)8-14-22/h7-18H,4-6,25-27H2,1-3H3. The fraction of sp³-hybridized carbons (Fsp3) is 0.250. The van der Waals surface area contributed by atoms with E-state index in [0.717, 1.165) is 0 Å². The molecule has 0 spiro atoms. The minimum atomic E-state index is -3.27. The number of nitrogens with two attached hydrogens (primary N) is 3. The maximum Gasteiger partial charge on any atom is 0.338 e. The third kappa shape index (κ3) is 7.31. The van der Waals surface area contributed by atoms with Crippen LogP contribution in [0.4, 0.5) is 17.1 Å². The highest BCUT2D eigenvalue weighted by atomic mass is 31.3. The molecule has 12 nitrogen and oxygen atoms in total. The molecule has 3 aromatic rings. The Bertz CT molecular complexity index is 1240. The minimum absolute atomic E-state index is 0.304. The van der Waals surface area contributed by atoms with Gasteiger partial charge >= 0.3 is 16.1 Å². The SMILES string of the molecule is CCOP1N=P(OCC)(OCC)N(Oc2ccc(N)cc2)P(Oc2ccc(N)cc2)N1Oc1ccc(N)cc1. The van der Waals surface area contributed by atoms with Crippen LogP contribution in [0.1, 0.15) is 20.8 Å². The van der Waals surface area contributed by atoms with Crippen LogP contribution in [0.3, 0.4) is 0 Å². The zero-order chi connectivity index (χ0) is 27.8. The van der Waals surface area contributed by atoms with Crippen molar-refractivity contribution in [3.63, 3.8) is 0 Å². The summed E-state index contributed by atoms with van der Waals surface area (Å²) in [6.07, 6.45) is 0. The van der Waals surface area contributed by atoms with E-state index in [4.69, 9.17) is 49.5 Å². The topological polar surface area (TPSA) is 152 Å². The maximum atomic E-state index is 6.56. The minimum Gasteiger partial charge on any atom is -0.440 e. The van der Waals surface area contributed by atoms with Gasteiger partial charge in [0.05, 0.1) is 19.8 Å². The first kappa shape index (κ1) is 29.3. The second-order valence-electron chi connectivity index (χ2n) is 7.83. The van der Waals surface area contributed by atoms with Gasteiger partial charge in [-0.25, -0.2) is 0 Å². The smallest absolute Gasteiger partial charge is 0.338 e. The van der Waals surface area contributed by atoms with Crippen molar-refractivity contribution < 1.29 is 27.8 Å².